The standard InChI is InChI=1S/C23H23NO6S2/c1-17-7-9-18(10-8-17)15-24(19-13-14-31(26,27)16-19)23(25)21-11-12-22(30-21)32(28,29)20-5-3-2-4-6-20/h2-12,19H,13-16H2,1H3/t19-/m1/s1. The number of furan rings is 1. The van der Waals surface area contributed by atoms with Gasteiger partial charge in [0.1, 0.15) is 0 Å². The Hall–Kier alpha value is -2.91. The largest absolute Gasteiger partial charge is 0.439 e. The molecule has 32 heavy (non-hydrogen) atoms. The van der Waals surface area contributed by atoms with Gasteiger partial charge in [0.05, 0.1) is 16.4 Å². The van der Waals surface area contributed by atoms with Crippen LogP contribution in [0.3, 0.4) is 0 Å². The lowest BCUT2D eigenvalue weighted by molar-refractivity contribution is 0.0642. The van der Waals surface area contributed by atoms with Crippen LogP contribution < -0.4 is 0 Å². The van der Waals surface area contributed by atoms with E-state index in [1.807, 2.05) is 31.2 Å². The summed E-state index contributed by atoms with van der Waals surface area (Å²) in [6.07, 6.45) is 0.329. The van der Waals surface area contributed by atoms with Crippen molar-refractivity contribution in [3.63, 3.8) is 0 Å². The number of carbonyl (C=O) groups is 1. The lowest BCUT2D eigenvalue weighted by Crippen LogP contribution is -2.40. The Balaban J connectivity index is 1.65. The molecule has 1 aliphatic rings. The normalized spacial score (nSPS) is 17.8. The quantitative estimate of drug-likeness (QED) is 0.545. The van der Waals surface area contributed by atoms with Gasteiger partial charge in [0.2, 0.25) is 14.9 Å². The highest BCUT2D eigenvalue weighted by Gasteiger charge is 2.36. The van der Waals surface area contributed by atoms with Gasteiger partial charge in [0.25, 0.3) is 5.91 Å². The Morgan fingerprint density at radius 3 is 2.34 bits per heavy atom. The maximum absolute atomic E-state index is 13.3. The van der Waals surface area contributed by atoms with Crippen molar-refractivity contribution >= 4 is 25.6 Å². The van der Waals surface area contributed by atoms with Crippen LogP contribution in [0.25, 0.3) is 0 Å². The summed E-state index contributed by atoms with van der Waals surface area (Å²) in [6, 6.07) is 17.5. The molecule has 0 N–H and O–H groups in total. The van der Waals surface area contributed by atoms with Gasteiger partial charge in [-0.2, -0.15) is 0 Å². The number of aryl methyl sites for hydroxylation is 1. The van der Waals surface area contributed by atoms with E-state index in [0.29, 0.717) is 6.42 Å². The second-order valence-electron chi connectivity index (χ2n) is 7.91. The molecule has 0 bridgehead atoms. The minimum Gasteiger partial charge on any atom is -0.439 e. The van der Waals surface area contributed by atoms with Crippen molar-refractivity contribution in [1.82, 2.24) is 4.90 Å². The summed E-state index contributed by atoms with van der Waals surface area (Å²) in [5.41, 5.74) is 1.91. The number of rotatable bonds is 6. The fourth-order valence-electron chi connectivity index (χ4n) is 3.71. The highest BCUT2D eigenvalue weighted by Crippen LogP contribution is 2.26. The average molecular weight is 474 g/mol. The number of benzene rings is 2. The van der Waals surface area contributed by atoms with Gasteiger partial charge >= 0.3 is 0 Å². The van der Waals surface area contributed by atoms with Crippen molar-refractivity contribution in [2.45, 2.75) is 35.9 Å². The van der Waals surface area contributed by atoms with Gasteiger partial charge in [0.15, 0.2) is 15.6 Å². The van der Waals surface area contributed by atoms with Crippen molar-refractivity contribution in [1.29, 1.82) is 0 Å². The lowest BCUT2D eigenvalue weighted by Gasteiger charge is -2.27. The van der Waals surface area contributed by atoms with Gasteiger partial charge in [-0.1, -0.05) is 48.0 Å². The highest BCUT2D eigenvalue weighted by atomic mass is 32.2. The van der Waals surface area contributed by atoms with Crippen LogP contribution in [0, 0.1) is 6.92 Å². The molecule has 0 unspecified atom stereocenters. The summed E-state index contributed by atoms with van der Waals surface area (Å²) in [5.74, 6) is -0.792. The predicted molar refractivity (Wildman–Crippen MR) is 119 cm³/mol. The van der Waals surface area contributed by atoms with Crippen LogP contribution in [0.1, 0.15) is 28.1 Å². The molecule has 1 atom stereocenters. The summed E-state index contributed by atoms with van der Waals surface area (Å²) in [6.45, 7) is 2.15. The first kappa shape index (κ1) is 22.3. The van der Waals surface area contributed by atoms with Gasteiger partial charge in [0, 0.05) is 12.6 Å². The lowest BCUT2D eigenvalue weighted by atomic mass is 10.1. The third kappa shape index (κ3) is 4.63. The molecule has 7 nitrogen and oxygen atoms in total. The fourth-order valence-corrected chi connectivity index (χ4v) is 6.64. The van der Waals surface area contributed by atoms with E-state index in [2.05, 4.69) is 0 Å². The zero-order valence-corrected chi connectivity index (χ0v) is 19.1. The van der Waals surface area contributed by atoms with E-state index in [1.165, 1.54) is 29.2 Å². The second kappa shape index (κ2) is 8.55. The van der Waals surface area contributed by atoms with Crippen molar-refractivity contribution in [3.05, 3.63) is 83.6 Å². The van der Waals surface area contributed by atoms with Gasteiger partial charge in [-0.3, -0.25) is 4.79 Å². The van der Waals surface area contributed by atoms with Crippen LogP contribution >= 0.6 is 0 Å². The number of hydrogen-bond acceptors (Lipinski definition) is 6. The maximum atomic E-state index is 13.3. The van der Waals surface area contributed by atoms with E-state index in [-0.39, 0.29) is 33.8 Å². The molecule has 2 aromatic carbocycles. The van der Waals surface area contributed by atoms with E-state index in [4.69, 9.17) is 4.42 Å². The van der Waals surface area contributed by atoms with Crippen LogP contribution in [0.2, 0.25) is 0 Å². The molecule has 1 saturated heterocycles. The third-order valence-electron chi connectivity index (χ3n) is 5.49. The number of carbonyl (C=O) groups excluding carboxylic acids is 1. The molecule has 0 aliphatic carbocycles. The molecule has 168 valence electrons. The number of hydrogen-bond donors (Lipinski definition) is 0. The molecule has 1 fully saturated rings. The molecule has 1 amide bonds. The molecular weight excluding hydrogens is 450 g/mol. The highest BCUT2D eigenvalue weighted by molar-refractivity contribution is 7.91. The van der Waals surface area contributed by atoms with Crippen molar-refractivity contribution < 1.29 is 26.0 Å². The third-order valence-corrected chi connectivity index (χ3v) is 8.89. The Morgan fingerprint density at radius 1 is 1.03 bits per heavy atom. The Kier molecular flexibility index (Phi) is 5.96. The summed E-state index contributed by atoms with van der Waals surface area (Å²) in [4.78, 5) is 14.9. The first-order valence-corrected chi connectivity index (χ1v) is 13.4. The summed E-state index contributed by atoms with van der Waals surface area (Å²) in [5, 5.41) is -0.332. The van der Waals surface area contributed by atoms with Crippen LogP contribution in [-0.4, -0.2) is 45.2 Å². The molecule has 0 spiro atoms. The minimum absolute atomic E-state index is 0.0150. The van der Waals surface area contributed by atoms with Gasteiger partial charge in [-0.05, 0) is 43.2 Å². The van der Waals surface area contributed by atoms with Gasteiger partial charge in [-0.25, -0.2) is 16.8 Å². The predicted octanol–water partition coefficient (Wildman–Crippen LogP) is 3.25. The number of amides is 1. The minimum atomic E-state index is -3.91. The van der Waals surface area contributed by atoms with Gasteiger partial charge in [-0.15, -0.1) is 0 Å². The second-order valence-corrected chi connectivity index (χ2v) is 12.0. The Labute approximate surface area is 187 Å². The van der Waals surface area contributed by atoms with Crippen molar-refractivity contribution in [3.8, 4) is 0 Å². The zero-order chi connectivity index (χ0) is 22.9. The Bertz CT molecular complexity index is 1330. The molecule has 1 aliphatic heterocycles. The topological polar surface area (TPSA) is 102 Å². The molecule has 1 aromatic heterocycles. The Morgan fingerprint density at radius 2 is 1.72 bits per heavy atom. The van der Waals surface area contributed by atoms with E-state index in [0.717, 1.165) is 11.1 Å². The van der Waals surface area contributed by atoms with Crippen LogP contribution in [0.5, 0.6) is 0 Å². The summed E-state index contributed by atoms with van der Waals surface area (Å²) < 4.78 is 55.2. The maximum Gasteiger partial charge on any atom is 0.290 e. The van der Waals surface area contributed by atoms with Crippen LogP contribution in [0.15, 0.2) is 81.1 Å². The van der Waals surface area contributed by atoms with Crippen molar-refractivity contribution in [2.24, 2.45) is 0 Å². The van der Waals surface area contributed by atoms with E-state index in [9.17, 15) is 21.6 Å². The summed E-state index contributed by atoms with van der Waals surface area (Å²) >= 11 is 0. The van der Waals surface area contributed by atoms with Crippen LogP contribution in [0.4, 0.5) is 0 Å². The molecule has 0 radical (unpaired) electrons. The average Bonchev–Trinajstić information content (AvgIpc) is 3.41. The molecular formula is C23H23NO6S2. The van der Waals surface area contributed by atoms with E-state index >= 15 is 0 Å². The fraction of sp³-hybridized carbons (Fsp3) is 0.261. The molecule has 2 heterocycles. The zero-order valence-electron chi connectivity index (χ0n) is 17.5. The molecule has 9 heteroatoms. The van der Waals surface area contributed by atoms with Gasteiger partial charge < -0.3 is 9.32 Å². The van der Waals surface area contributed by atoms with Crippen LogP contribution in [-0.2, 0) is 26.2 Å². The molecule has 3 aromatic rings. The summed E-state index contributed by atoms with van der Waals surface area (Å²) in [7, 11) is -7.14. The SMILES string of the molecule is Cc1ccc(CN(C(=O)c2ccc(S(=O)(=O)c3ccccc3)o2)[C@@H]2CCS(=O)(=O)C2)cc1. The van der Waals surface area contributed by atoms with Crippen molar-refractivity contribution in [2.75, 3.05) is 11.5 Å². The first-order valence-electron chi connectivity index (χ1n) is 10.1. The number of nitrogens with zero attached hydrogens (tertiary/aromatic N) is 1. The smallest absolute Gasteiger partial charge is 0.290 e. The number of sulfone groups is 2. The first-order chi connectivity index (χ1) is 15.2. The van der Waals surface area contributed by atoms with E-state index < -0.39 is 31.6 Å². The van der Waals surface area contributed by atoms with E-state index in [1.54, 1.807) is 18.2 Å². The molecule has 4 rings (SSSR count). The molecule has 0 saturated carbocycles. The monoisotopic (exact) mass is 473 g/mol.